The van der Waals surface area contributed by atoms with Crippen LogP contribution in [0.25, 0.3) is 0 Å². The van der Waals surface area contributed by atoms with E-state index in [1.165, 1.54) is 0 Å². The van der Waals surface area contributed by atoms with E-state index in [2.05, 4.69) is 0 Å². The summed E-state index contributed by atoms with van der Waals surface area (Å²) in [5.74, 6) is 1.48. The summed E-state index contributed by atoms with van der Waals surface area (Å²) in [6.07, 6.45) is 0. The molecule has 0 fully saturated rings. The predicted octanol–water partition coefficient (Wildman–Crippen LogP) is 1.83. The van der Waals surface area contributed by atoms with E-state index in [-0.39, 0.29) is 18.8 Å². The Kier molecular flexibility index (Phi) is 3.26. The van der Waals surface area contributed by atoms with Crippen LogP contribution in [0.5, 0.6) is 11.5 Å². The van der Waals surface area contributed by atoms with Gasteiger partial charge in [0, 0.05) is 12.5 Å². The Morgan fingerprint density at radius 1 is 1.29 bits per heavy atom. The maximum atomic E-state index is 9.48. The summed E-state index contributed by atoms with van der Waals surface area (Å²) in [7, 11) is 1.65. The molecule has 4 heteroatoms. The standard InChI is InChI=1S/C13H18O4/c1-13(2,7-14)10-5-12-11(16-8-17-12)4-9(10)6-15-3/h4-5,14H,6-8H2,1-3H3. The minimum absolute atomic E-state index is 0.0728. The summed E-state index contributed by atoms with van der Waals surface area (Å²) in [4.78, 5) is 0. The second kappa shape index (κ2) is 4.55. The molecule has 17 heavy (non-hydrogen) atoms. The molecular formula is C13H18O4. The first-order valence-corrected chi connectivity index (χ1v) is 5.61. The molecule has 1 aliphatic rings. The molecule has 0 spiro atoms. The Bertz CT molecular complexity index is 412. The summed E-state index contributed by atoms with van der Waals surface area (Å²) in [5.41, 5.74) is 1.73. The third-order valence-corrected chi connectivity index (χ3v) is 3.02. The van der Waals surface area contributed by atoms with Crippen LogP contribution < -0.4 is 9.47 Å². The van der Waals surface area contributed by atoms with Gasteiger partial charge in [-0.15, -0.1) is 0 Å². The van der Waals surface area contributed by atoms with E-state index in [0.717, 1.165) is 22.6 Å². The van der Waals surface area contributed by atoms with Gasteiger partial charge in [0.15, 0.2) is 11.5 Å². The van der Waals surface area contributed by atoms with Crippen molar-refractivity contribution < 1.29 is 19.3 Å². The molecule has 0 saturated carbocycles. The van der Waals surface area contributed by atoms with Crippen LogP contribution in [0.2, 0.25) is 0 Å². The Labute approximate surface area is 101 Å². The third-order valence-electron chi connectivity index (χ3n) is 3.02. The number of hydrogen-bond donors (Lipinski definition) is 1. The topological polar surface area (TPSA) is 47.9 Å². The van der Waals surface area contributed by atoms with Gasteiger partial charge in [-0.1, -0.05) is 13.8 Å². The maximum Gasteiger partial charge on any atom is 0.231 e. The molecule has 1 aliphatic heterocycles. The van der Waals surface area contributed by atoms with Gasteiger partial charge in [-0.25, -0.2) is 0 Å². The average molecular weight is 238 g/mol. The van der Waals surface area contributed by atoms with Crippen LogP contribution in [-0.4, -0.2) is 25.6 Å². The number of aliphatic hydroxyl groups is 1. The van der Waals surface area contributed by atoms with Gasteiger partial charge in [0.2, 0.25) is 6.79 Å². The smallest absolute Gasteiger partial charge is 0.231 e. The fourth-order valence-corrected chi connectivity index (χ4v) is 1.97. The molecule has 1 N–H and O–H groups in total. The van der Waals surface area contributed by atoms with Crippen LogP contribution in [0.3, 0.4) is 0 Å². The van der Waals surface area contributed by atoms with Crippen molar-refractivity contribution in [3.8, 4) is 11.5 Å². The zero-order chi connectivity index (χ0) is 12.5. The van der Waals surface area contributed by atoms with Gasteiger partial charge >= 0.3 is 0 Å². The quantitative estimate of drug-likeness (QED) is 0.869. The Hall–Kier alpha value is -1.26. The normalized spacial score (nSPS) is 14.1. The predicted molar refractivity (Wildman–Crippen MR) is 63.4 cm³/mol. The van der Waals surface area contributed by atoms with Gasteiger partial charge in [0.25, 0.3) is 0 Å². The second-order valence-corrected chi connectivity index (χ2v) is 4.84. The summed E-state index contributed by atoms with van der Waals surface area (Å²) < 4.78 is 15.9. The molecule has 0 saturated heterocycles. The number of ether oxygens (including phenoxy) is 3. The average Bonchev–Trinajstić information content (AvgIpc) is 2.75. The summed E-state index contributed by atoms with van der Waals surface area (Å²) >= 11 is 0. The zero-order valence-electron chi connectivity index (χ0n) is 10.4. The van der Waals surface area contributed by atoms with Gasteiger partial charge in [0.05, 0.1) is 13.2 Å². The Balaban J connectivity index is 2.48. The zero-order valence-corrected chi connectivity index (χ0v) is 10.4. The van der Waals surface area contributed by atoms with Gasteiger partial charge in [0.1, 0.15) is 0 Å². The highest BCUT2D eigenvalue weighted by molar-refractivity contribution is 5.50. The van der Waals surface area contributed by atoms with E-state index in [0.29, 0.717) is 6.61 Å². The van der Waals surface area contributed by atoms with Gasteiger partial charge in [-0.2, -0.15) is 0 Å². The molecule has 0 radical (unpaired) electrons. The van der Waals surface area contributed by atoms with Crippen molar-refractivity contribution in [1.29, 1.82) is 0 Å². The second-order valence-electron chi connectivity index (χ2n) is 4.84. The van der Waals surface area contributed by atoms with Crippen molar-refractivity contribution in [2.24, 2.45) is 0 Å². The minimum Gasteiger partial charge on any atom is -0.454 e. The van der Waals surface area contributed by atoms with E-state index in [9.17, 15) is 5.11 Å². The van der Waals surface area contributed by atoms with Crippen molar-refractivity contribution in [3.05, 3.63) is 23.3 Å². The van der Waals surface area contributed by atoms with Crippen LogP contribution in [0.4, 0.5) is 0 Å². The van der Waals surface area contributed by atoms with Crippen LogP contribution >= 0.6 is 0 Å². The first kappa shape index (κ1) is 12.2. The molecule has 0 aliphatic carbocycles. The lowest BCUT2D eigenvalue weighted by Gasteiger charge is -2.25. The molecular weight excluding hydrogens is 220 g/mol. The Morgan fingerprint density at radius 3 is 2.53 bits per heavy atom. The number of hydrogen-bond acceptors (Lipinski definition) is 4. The fourth-order valence-electron chi connectivity index (χ4n) is 1.97. The van der Waals surface area contributed by atoms with E-state index < -0.39 is 0 Å². The van der Waals surface area contributed by atoms with Crippen molar-refractivity contribution in [3.63, 3.8) is 0 Å². The van der Waals surface area contributed by atoms with E-state index in [4.69, 9.17) is 14.2 Å². The molecule has 0 aromatic heterocycles. The highest BCUT2D eigenvalue weighted by Crippen LogP contribution is 2.39. The van der Waals surface area contributed by atoms with E-state index in [1.807, 2.05) is 26.0 Å². The van der Waals surface area contributed by atoms with Crippen LogP contribution in [0.15, 0.2) is 12.1 Å². The SMILES string of the molecule is COCc1cc2c(cc1C(C)(C)CO)OCO2. The number of methoxy groups -OCH3 is 1. The Morgan fingerprint density at radius 2 is 1.94 bits per heavy atom. The summed E-state index contributed by atoms with van der Waals surface area (Å²) in [5, 5.41) is 9.48. The van der Waals surface area contributed by atoms with Crippen molar-refractivity contribution in [2.45, 2.75) is 25.9 Å². The largest absolute Gasteiger partial charge is 0.454 e. The van der Waals surface area contributed by atoms with Crippen LogP contribution in [-0.2, 0) is 16.8 Å². The van der Waals surface area contributed by atoms with Crippen LogP contribution in [0.1, 0.15) is 25.0 Å². The maximum absolute atomic E-state index is 9.48. The summed E-state index contributed by atoms with van der Waals surface area (Å²) in [6, 6.07) is 3.87. The highest BCUT2D eigenvalue weighted by Gasteiger charge is 2.26. The van der Waals surface area contributed by atoms with Gasteiger partial charge < -0.3 is 19.3 Å². The molecule has 4 nitrogen and oxygen atoms in total. The molecule has 2 rings (SSSR count). The van der Waals surface area contributed by atoms with Crippen molar-refractivity contribution >= 4 is 0 Å². The monoisotopic (exact) mass is 238 g/mol. The first-order valence-electron chi connectivity index (χ1n) is 5.61. The number of fused-ring (bicyclic) bond motifs is 1. The van der Waals surface area contributed by atoms with Gasteiger partial charge in [-0.05, 0) is 23.3 Å². The number of benzene rings is 1. The molecule has 1 aromatic rings. The fraction of sp³-hybridized carbons (Fsp3) is 0.538. The summed E-state index contributed by atoms with van der Waals surface area (Å²) in [6.45, 7) is 4.80. The van der Waals surface area contributed by atoms with Crippen LogP contribution in [0, 0.1) is 0 Å². The molecule has 0 unspecified atom stereocenters. The molecule has 0 bridgehead atoms. The lowest BCUT2D eigenvalue weighted by Crippen LogP contribution is -2.24. The lowest BCUT2D eigenvalue weighted by molar-refractivity contribution is 0.173. The van der Waals surface area contributed by atoms with E-state index in [1.54, 1.807) is 7.11 Å². The minimum atomic E-state index is -0.325. The van der Waals surface area contributed by atoms with Crippen molar-refractivity contribution in [2.75, 3.05) is 20.5 Å². The third kappa shape index (κ3) is 2.23. The number of rotatable bonds is 4. The molecule has 94 valence electrons. The molecule has 1 heterocycles. The molecule has 0 atom stereocenters. The molecule has 1 aromatic carbocycles. The number of aliphatic hydroxyl groups excluding tert-OH is 1. The van der Waals surface area contributed by atoms with Crippen molar-refractivity contribution in [1.82, 2.24) is 0 Å². The van der Waals surface area contributed by atoms with Gasteiger partial charge in [-0.3, -0.25) is 0 Å². The highest BCUT2D eigenvalue weighted by atomic mass is 16.7. The lowest BCUT2D eigenvalue weighted by atomic mass is 9.82. The van der Waals surface area contributed by atoms with E-state index >= 15 is 0 Å². The molecule has 0 amide bonds. The first-order chi connectivity index (χ1) is 8.08.